The van der Waals surface area contributed by atoms with Gasteiger partial charge in [-0.25, -0.2) is 0 Å². The molecule has 2 saturated heterocycles. The summed E-state index contributed by atoms with van der Waals surface area (Å²) >= 11 is 14.5. The van der Waals surface area contributed by atoms with Crippen LogP contribution in [-0.4, -0.2) is 30.9 Å². The fourth-order valence-electron chi connectivity index (χ4n) is 3.91. The largest absolute Gasteiger partial charge is 0.378 e. The van der Waals surface area contributed by atoms with E-state index in [2.05, 4.69) is 16.5 Å². The first kappa shape index (κ1) is 20.9. The average Bonchev–Trinajstić information content (AvgIpc) is 3.22. The van der Waals surface area contributed by atoms with E-state index in [4.69, 9.17) is 27.9 Å². The lowest BCUT2D eigenvalue weighted by molar-refractivity contribution is 0.0186. The first-order chi connectivity index (χ1) is 14.0. The molecule has 4 nitrogen and oxygen atoms in total. The molecular formula is C22H24Cl2N2O2S. The molecule has 154 valence electrons. The highest BCUT2D eigenvalue weighted by atomic mass is 35.5. The van der Waals surface area contributed by atoms with Crippen molar-refractivity contribution in [1.29, 1.82) is 0 Å². The van der Waals surface area contributed by atoms with Gasteiger partial charge in [-0.2, -0.15) is 0 Å². The van der Waals surface area contributed by atoms with Gasteiger partial charge in [-0.3, -0.25) is 4.79 Å². The predicted octanol–water partition coefficient (Wildman–Crippen LogP) is 6.39. The summed E-state index contributed by atoms with van der Waals surface area (Å²) < 4.78 is 7.86. The topological polar surface area (TPSA) is 41.6 Å². The first-order valence-corrected chi connectivity index (χ1v) is 11.6. The Kier molecular flexibility index (Phi) is 6.60. The van der Waals surface area contributed by atoms with Gasteiger partial charge in [0.25, 0.3) is 5.91 Å². The molecule has 2 atom stereocenters. The Morgan fingerprint density at radius 3 is 2.86 bits per heavy atom. The molecule has 0 bridgehead atoms. The Morgan fingerprint density at radius 1 is 1.24 bits per heavy atom. The van der Waals surface area contributed by atoms with Crippen LogP contribution in [-0.2, 0) is 4.74 Å². The third-order valence-electron chi connectivity index (χ3n) is 5.37. The summed E-state index contributed by atoms with van der Waals surface area (Å²) in [6, 6.07) is 11.4. The molecule has 29 heavy (non-hydrogen) atoms. The van der Waals surface area contributed by atoms with Crippen LogP contribution in [0.5, 0.6) is 0 Å². The molecule has 0 aliphatic carbocycles. The highest BCUT2D eigenvalue weighted by Gasteiger charge is 2.22. The summed E-state index contributed by atoms with van der Waals surface area (Å²) in [5.41, 5.74) is 3.30. The predicted molar refractivity (Wildman–Crippen MR) is 123 cm³/mol. The van der Waals surface area contributed by atoms with Gasteiger partial charge in [0.05, 0.1) is 16.7 Å². The maximum Gasteiger partial charge on any atom is 0.257 e. The minimum atomic E-state index is -0.227. The minimum Gasteiger partial charge on any atom is -0.378 e. The van der Waals surface area contributed by atoms with E-state index in [1.54, 1.807) is 24.1 Å². The molecule has 1 N–H and O–H groups in total. The van der Waals surface area contributed by atoms with E-state index in [0.717, 1.165) is 49.4 Å². The van der Waals surface area contributed by atoms with Gasteiger partial charge in [0.2, 0.25) is 0 Å². The van der Waals surface area contributed by atoms with E-state index in [9.17, 15) is 4.79 Å². The van der Waals surface area contributed by atoms with Crippen LogP contribution >= 0.6 is 35.1 Å². The molecule has 0 saturated carbocycles. The summed E-state index contributed by atoms with van der Waals surface area (Å²) in [5, 5.41) is 4.04. The molecule has 2 heterocycles. The third-order valence-corrected chi connectivity index (χ3v) is 7.09. The van der Waals surface area contributed by atoms with E-state index >= 15 is 0 Å². The Hall–Kier alpha value is -1.40. The van der Waals surface area contributed by atoms with Gasteiger partial charge >= 0.3 is 0 Å². The van der Waals surface area contributed by atoms with Crippen molar-refractivity contribution < 1.29 is 9.53 Å². The van der Waals surface area contributed by atoms with Crippen LogP contribution in [0, 0.1) is 0 Å². The van der Waals surface area contributed by atoms with Crippen molar-refractivity contribution in [2.45, 2.75) is 38.2 Å². The third kappa shape index (κ3) is 5.02. The molecule has 7 heteroatoms. The summed E-state index contributed by atoms with van der Waals surface area (Å²) in [6.07, 6.45) is 3.29. The number of anilines is 2. The Morgan fingerprint density at radius 2 is 2.10 bits per heavy atom. The molecule has 2 aromatic rings. The lowest BCUT2D eigenvalue weighted by atomic mass is 9.89. The zero-order valence-corrected chi connectivity index (χ0v) is 18.6. The van der Waals surface area contributed by atoms with Crippen molar-refractivity contribution in [1.82, 2.24) is 0 Å². The van der Waals surface area contributed by atoms with Crippen LogP contribution < -0.4 is 9.62 Å². The van der Waals surface area contributed by atoms with Gasteiger partial charge in [-0.15, -0.1) is 0 Å². The molecule has 0 aromatic heterocycles. The number of nitrogens with zero attached hydrogens (tertiary/aromatic N) is 1. The normalized spacial score (nSPS) is 22.0. The van der Waals surface area contributed by atoms with Gasteiger partial charge in [-0.1, -0.05) is 23.2 Å². The number of hydrogen-bond donors (Lipinski definition) is 1. The standard InChI is InChI=1S/C22H24Cl2N2O2S/c1-14-9-15(5-7-28-14)16-10-17(23)12-18(11-16)25-22(27)20-13-19(3-4-21(20)24)26-6-2-8-29-26/h3-4,10-15H,2,5-9H2,1H3,(H,25,27). The Bertz CT molecular complexity index is 902. The lowest BCUT2D eigenvalue weighted by Gasteiger charge is -2.28. The summed E-state index contributed by atoms with van der Waals surface area (Å²) in [7, 11) is 0. The van der Waals surface area contributed by atoms with Crippen molar-refractivity contribution in [2.75, 3.05) is 28.5 Å². The van der Waals surface area contributed by atoms with E-state index in [0.29, 0.717) is 27.2 Å². The van der Waals surface area contributed by atoms with Gasteiger partial charge < -0.3 is 14.4 Å². The number of ether oxygens (including phenoxy) is 1. The number of carbonyl (C=O) groups excluding carboxylic acids is 1. The fourth-order valence-corrected chi connectivity index (χ4v) is 5.36. The second-order valence-electron chi connectivity index (χ2n) is 7.58. The number of amides is 1. The van der Waals surface area contributed by atoms with Crippen molar-refractivity contribution in [3.8, 4) is 0 Å². The van der Waals surface area contributed by atoms with Crippen molar-refractivity contribution >= 4 is 52.4 Å². The first-order valence-electron chi connectivity index (χ1n) is 9.93. The molecule has 2 aromatic carbocycles. The summed E-state index contributed by atoms with van der Waals surface area (Å²) in [6.45, 7) is 3.82. The quantitative estimate of drug-likeness (QED) is 0.548. The number of carbonyl (C=O) groups is 1. The molecule has 0 spiro atoms. The highest BCUT2D eigenvalue weighted by molar-refractivity contribution is 8.00. The average molecular weight is 451 g/mol. The second-order valence-corrected chi connectivity index (χ2v) is 9.53. The highest BCUT2D eigenvalue weighted by Crippen LogP contribution is 2.34. The number of hydrogen-bond acceptors (Lipinski definition) is 4. The van der Waals surface area contributed by atoms with Crippen molar-refractivity contribution in [2.24, 2.45) is 0 Å². The van der Waals surface area contributed by atoms with E-state index in [1.807, 2.05) is 24.3 Å². The molecule has 2 aliphatic heterocycles. The number of rotatable bonds is 4. The van der Waals surface area contributed by atoms with E-state index < -0.39 is 0 Å². The van der Waals surface area contributed by atoms with Crippen LogP contribution in [0.1, 0.15) is 48.0 Å². The monoisotopic (exact) mass is 450 g/mol. The lowest BCUT2D eigenvalue weighted by Crippen LogP contribution is -2.22. The zero-order valence-electron chi connectivity index (χ0n) is 16.3. The molecular weight excluding hydrogens is 427 g/mol. The Balaban J connectivity index is 1.54. The van der Waals surface area contributed by atoms with Gasteiger partial charge in [0.1, 0.15) is 0 Å². The van der Waals surface area contributed by atoms with Crippen LogP contribution in [0.15, 0.2) is 36.4 Å². The van der Waals surface area contributed by atoms with E-state index in [1.165, 1.54) is 0 Å². The van der Waals surface area contributed by atoms with Gasteiger partial charge in [0, 0.05) is 35.3 Å². The maximum atomic E-state index is 13.0. The van der Waals surface area contributed by atoms with Crippen LogP contribution in [0.3, 0.4) is 0 Å². The summed E-state index contributed by atoms with van der Waals surface area (Å²) in [5.74, 6) is 1.25. The molecule has 1 amide bonds. The van der Waals surface area contributed by atoms with Crippen LogP contribution in [0.2, 0.25) is 10.0 Å². The smallest absolute Gasteiger partial charge is 0.257 e. The van der Waals surface area contributed by atoms with Crippen molar-refractivity contribution in [3.05, 3.63) is 57.6 Å². The molecule has 2 unspecified atom stereocenters. The molecule has 2 aliphatic rings. The fraction of sp³-hybridized carbons (Fsp3) is 0.409. The number of nitrogens with one attached hydrogen (secondary N) is 1. The van der Waals surface area contributed by atoms with Crippen molar-refractivity contribution in [3.63, 3.8) is 0 Å². The maximum absolute atomic E-state index is 13.0. The number of halogens is 2. The van der Waals surface area contributed by atoms with E-state index in [-0.39, 0.29) is 12.0 Å². The van der Waals surface area contributed by atoms with Gasteiger partial charge in [-0.05, 0) is 86.0 Å². The second kappa shape index (κ2) is 9.17. The SMILES string of the molecule is CC1CC(c2cc(Cl)cc(NC(=O)c3cc(N4CCCS4)ccc3Cl)c2)CCO1. The molecule has 0 radical (unpaired) electrons. The summed E-state index contributed by atoms with van der Waals surface area (Å²) in [4.78, 5) is 13.0. The van der Waals surface area contributed by atoms with Crippen LogP contribution in [0.25, 0.3) is 0 Å². The Labute approximate surface area is 186 Å². The van der Waals surface area contributed by atoms with Crippen LogP contribution in [0.4, 0.5) is 11.4 Å². The number of benzene rings is 2. The van der Waals surface area contributed by atoms with Gasteiger partial charge in [0.15, 0.2) is 0 Å². The zero-order chi connectivity index (χ0) is 20.4. The molecule has 2 fully saturated rings. The molecule has 4 rings (SSSR count). The minimum absolute atomic E-state index is 0.227.